The van der Waals surface area contributed by atoms with Crippen LogP contribution < -0.4 is 0 Å². The standard InChI is InChI=1S/C24H30O9/c1-7-9-15(25)31-18-16-13(5)23(28)30-14(16)10-12(4)17-19(32-17)20(26)24(6,29)21(18)33-22(27)11(3)8-2/h7-9,12,14,16-19,21,29H,5,10H2,1-4,6H3. The molecule has 8 unspecified atom stereocenters. The van der Waals surface area contributed by atoms with E-state index in [1.807, 2.05) is 6.92 Å². The van der Waals surface area contributed by atoms with Gasteiger partial charge in [0.1, 0.15) is 12.2 Å². The molecule has 9 heteroatoms. The molecule has 2 aliphatic heterocycles. The molecule has 1 aliphatic carbocycles. The zero-order valence-corrected chi connectivity index (χ0v) is 19.4. The summed E-state index contributed by atoms with van der Waals surface area (Å²) in [6.07, 6.45) is -0.847. The fourth-order valence-electron chi connectivity index (χ4n) is 4.41. The van der Waals surface area contributed by atoms with Crippen LogP contribution in [0.3, 0.4) is 0 Å². The first-order chi connectivity index (χ1) is 15.4. The van der Waals surface area contributed by atoms with Crippen LogP contribution >= 0.6 is 0 Å². The number of esters is 3. The highest BCUT2D eigenvalue weighted by atomic mass is 16.6. The van der Waals surface area contributed by atoms with Gasteiger partial charge in [-0.05, 0) is 40.0 Å². The topological polar surface area (TPSA) is 129 Å². The normalized spacial score (nSPS) is 38.9. The van der Waals surface area contributed by atoms with Crippen molar-refractivity contribution in [3.63, 3.8) is 0 Å². The van der Waals surface area contributed by atoms with Crippen molar-refractivity contribution in [3.8, 4) is 0 Å². The summed E-state index contributed by atoms with van der Waals surface area (Å²) in [5.74, 6) is -4.14. The Hall–Kier alpha value is -2.78. The second-order valence-electron chi connectivity index (χ2n) is 8.94. The summed E-state index contributed by atoms with van der Waals surface area (Å²) in [6.45, 7) is 11.6. The van der Waals surface area contributed by atoms with Crippen LogP contribution in [-0.4, -0.2) is 64.9 Å². The minimum atomic E-state index is -2.29. The summed E-state index contributed by atoms with van der Waals surface area (Å²) < 4.78 is 22.3. The van der Waals surface area contributed by atoms with Crippen molar-refractivity contribution in [2.75, 3.05) is 0 Å². The van der Waals surface area contributed by atoms with Gasteiger partial charge in [0.2, 0.25) is 0 Å². The van der Waals surface area contributed by atoms with E-state index in [1.165, 1.54) is 26.0 Å². The van der Waals surface area contributed by atoms with Crippen molar-refractivity contribution >= 4 is 23.7 Å². The predicted molar refractivity (Wildman–Crippen MR) is 115 cm³/mol. The van der Waals surface area contributed by atoms with Crippen molar-refractivity contribution in [3.05, 3.63) is 36.0 Å². The van der Waals surface area contributed by atoms with Gasteiger partial charge in [0.25, 0.3) is 0 Å². The lowest BCUT2D eigenvalue weighted by molar-refractivity contribution is -0.195. The van der Waals surface area contributed by atoms with Crippen LogP contribution in [0.5, 0.6) is 0 Å². The van der Waals surface area contributed by atoms with Crippen molar-refractivity contribution in [2.24, 2.45) is 11.8 Å². The Morgan fingerprint density at radius 1 is 1.24 bits per heavy atom. The lowest BCUT2D eigenvalue weighted by Gasteiger charge is -2.39. The molecule has 1 N–H and O–H groups in total. The summed E-state index contributed by atoms with van der Waals surface area (Å²) in [7, 11) is 0. The van der Waals surface area contributed by atoms with E-state index in [4.69, 9.17) is 18.9 Å². The summed E-state index contributed by atoms with van der Waals surface area (Å²) in [5.41, 5.74) is -2.07. The molecule has 0 aromatic rings. The Labute approximate surface area is 192 Å². The van der Waals surface area contributed by atoms with Gasteiger partial charge in [-0.2, -0.15) is 0 Å². The lowest BCUT2D eigenvalue weighted by Crippen LogP contribution is -2.60. The number of carbonyl (C=O) groups is 4. The third-order valence-electron chi connectivity index (χ3n) is 6.52. The number of Topliss-reactive ketones (excluding diaryl/α,β-unsaturated/α-hetero) is 1. The Balaban J connectivity index is 2.15. The first kappa shape index (κ1) is 24.9. The zero-order valence-electron chi connectivity index (χ0n) is 19.4. The van der Waals surface area contributed by atoms with E-state index in [-0.39, 0.29) is 17.1 Å². The molecular formula is C24H30O9. The molecule has 3 fully saturated rings. The maximum atomic E-state index is 13.2. The van der Waals surface area contributed by atoms with Gasteiger partial charge in [0.05, 0.1) is 12.0 Å². The molecule has 0 radical (unpaired) electrons. The fourth-order valence-corrected chi connectivity index (χ4v) is 4.41. The van der Waals surface area contributed by atoms with Crippen LogP contribution in [0, 0.1) is 11.8 Å². The number of hydrogen-bond donors (Lipinski definition) is 1. The van der Waals surface area contributed by atoms with Crippen molar-refractivity contribution < 1.29 is 43.2 Å². The highest BCUT2D eigenvalue weighted by Gasteiger charge is 2.63. The van der Waals surface area contributed by atoms with E-state index in [1.54, 1.807) is 13.8 Å². The number of rotatable bonds is 4. The van der Waals surface area contributed by atoms with Gasteiger partial charge >= 0.3 is 17.9 Å². The third-order valence-corrected chi connectivity index (χ3v) is 6.52. The first-order valence-electron chi connectivity index (χ1n) is 10.9. The third kappa shape index (κ3) is 4.65. The highest BCUT2D eigenvalue weighted by Crippen LogP contribution is 2.45. The molecule has 0 spiro atoms. The van der Waals surface area contributed by atoms with Gasteiger partial charge < -0.3 is 24.1 Å². The van der Waals surface area contributed by atoms with Crippen molar-refractivity contribution in [1.82, 2.24) is 0 Å². The minimum Gasteiger partial charge on any atom is -0.458 e. The SMILES string of the molecule is C=C1C(=O)OC2CC(C)C3OC3C(=O)C(C)(O)C(OC(=O)C(C)=CC)C(OC(=O)C=CC)C12. The fraction of sp³-hybridized carbons (Fsp3) is 0.583. The number of carbonyl (C=O) groups excluding carboxylic acids is 4. The van der Waals surface area contributed by atoms with Gasteiger partial charge in [0.15, 0.2) is 23.6 Å². The minimum absolute atomic E-state index is 0.00590. The largest absolute Gasteiger partial charge is 0.458 e. The quantitative estimate of drug-likeness (QED) is 0.286. The van der Waals surface area contributed by atoms with Crippen LogP contribution in [0.2, 0.25) is 0 Å². The van der Waals surface area contributed by atoms with E-state index < -0.39 is 65.7 Å². The van der Waals surface area contributed by atoms with E-state index in [0.29, 0.717) is 6.42 Å². The number of ether oxygens (including phenoxy) is 4. The van der Waals surface area contributed by atoms with Crippen LogP contribution in [0.1, 0.15) is 41.0 Å². The van der Waals surface area contributed by atoms with Crippen LogP contribution in [-0.2, 0) is 38.1 Å². The molecule has 0 bridgehead atoms. The molecule has 8 atom stereocenters. The maximum Gasteiger partial charge on any atom is 0.334 e. The average Bonchev–Trinajstić information content (AvgIpc) is 3.50. The van der Waals surface area contributed by atoms with Crippen LogP contribution in [0.15, 0.2) is 36.0 Å². The van der Waals surface area contributed by atoms with E-state index in [0.717, 1.165) is 6.08 Å². The first-order valence-corrected chi connectivity index (χ1v) is 10.9. The Morgan fingerprint density at radius 3 is 2.52 bits per heavy atom. The number of aliphatic hydroxyl groups is 1. The van der Waals surface area contributed by atoms with Crippen molar-refractivity contribution in [1.29, 1.82) is 0 Å². The molecule has 3 rings (SSSR count). The van der Waals surface area contributed by atoms with Crippen molar-refractivity contribution in [2.45, 2.75) is 77.2 Å². The molecule has 33 heavy (non-hydrogen) atoms. The molecule has 2 saturated heterocycles. The molecule has 0 aromatic carbocycles. The second-order valence-corrected chi connectivity index (χ2v) is 8.94. The summed E-state index contributed by atoms with van der Waals surface area (Å²) in [4.78, 5) is 50.9. The number of epoxide rings is 1. The van der Waals surface area contributed by atoms with Gasteiger partial charge in [-0.1, -0.05) is 25.7 Å². The van der Waals surface area contributed by atoms with Crippen LogP contribution in [0.4, 0.5) is 0 Å². The number of hydrogen-bond acceptors (Lipinski definition) is 9. The van der Waals surface area contributed by atoms with E-state index in [9.17, 15) is 24.3 Å². The number of fused-ring (bicyclic) bond motifs is 2. The van der Waals surface area contributed by atoms with Gasteiger partial charge in [0, 0.05) is 17.2 Å². The monoisotopic (exact) mass is 462 g/mol. The summed E-state index contributed by atoms with van der Waals surface area (Å²) >= 11 is 0. The van der Waals surface area contributed by atoms with Gasteiger partial charge in [-0.3, -0.25) is 4.79 Å². The molecule has 9 nitrogen and oxygen atoms in total. The second kappa shape index (κ2) is 9.23. The smallest absolute Gasteiger partial charge is 0.334 e. The van der Waals surface area contributed by atoms with E-state index in [2.05, 4.69) is 6.58 Å². The number of allylic oxidation sites excluding steroid dienone is 2. The predicted octanol–water partition coefficient (Wildman–Crippen LogP) is 1.58. The van der Waals surface area contributed by atoms with Crippen LogP contribution in [0.25, 0.3) is 0 Å². The Morgan fingerprint density at radius 2 is 1.91 bits per heavy atom. The summed E-state index contributed by atoms with van der Waals surface area (Å²) in [5, 5.41) is 11.4. The van der Waals surface area contributed by atoms with E-state index >= 15 is 0 Å². The molecule has 3 aliphatic rings. The lowest BCUT2D eigenvalue weighted by atomic mass is 9.75. The Bertz CT molecular complexity index is 928. The average molecular weight is 462 g/mol. The maximum absolute atomic E-state index is 13.2. The Kier molecular flexibility index (Phi) is 6.95. The molecule has 0 aromatic heterocycles. The molecular weight excluding hydrogens is 432 g/mol. The summed E-state index contributed by atoms with van der Waals surface area (Å²) in [6, 6.07) is 0. The highest BCUT2D eigenvalue weighted by molar-refractivity contribution is 5.95. The number of ketones is 1. The molecule has 2 heterocycles. The molecule has 1 saturated carbocycles. The molecule has 0 amide bonds. The van der Waals surface area contributed by atoms with Gasteiger partial charge in [-0.25, -0.2) is 14.4 Å². The zero-order chi connectivity index (χ0) is 24.7. The molecule has 180 valence electrons. The van der Waals surface area contributed by atoms with Gasteiger partial charge in [-0.15, -0.1) is 0 Å².